The lowest BCUT2D eigenvalue weighted by molar-refractivity contribution is 0.102. The molecule has 1 heterocycles. The highest BCUT2D eigenvalue weighted by molar-refractivity contribution is 6.05. The Morgan fingerprint density at radius 1 is 1.00 bits per heavy atom. The molecule has 0 saturated carbocycles. The number of anilines is 1. The number of amides is 1. The SMILES string of the molecule is CCCCc1ccc(-n2nc3ccc(NC(=O)c4ccccc4F)cc3n2)cc1. The van der Waals surface area contributed by atoms with Crippen molar-refractivity contribution in [3.63, 3.8) is 0 Å². The molecule has 0 aliphatic heterocycles. The molecule has 0 radical (unpaired) electrons. The summed E-state index contributed by atoms with van der Waals surface area (Å²) in [5, 5.41) is 11.7. The van der Waals surface area contributed by atoms with Crippen LogP contribution >= 0.6 is 0 Å². The number of halogens is 1. The summed E-state index contributed by atoms with van der Waals surface area (Å²) < 4.78 is 13.8. The number of fused-ring (bicyclic) bond motifs is 1. The molecule has 0 aliphatic rings. The highest BCUT2D eigenvalue weighted by Gasteiger charge is 2.12. The topological polar surface area (TPSA) is 59.8 Å². The van der Waals surface area contributed by atoms with Crippen LogP contribution in [0.2, 0.25) is 0 Å². The van der Waals surface area contributed by atoms with Gasteiger partial charge in [0.1, 0.15) is 16.9 Å². The third-order valence-electron chi connectivity index (χ3n) is 4.74. The number of carbonyl (C=O) groups excluding carboxylic acids is 1. The molecule has 29 heavy (non-hydrogen) atoms. The molecule has 0 aliphatic carbocycles. The molecular formula is C23H21FN4O. The van der Waals surface area contributed by atoms with Gasteiger partial charge in [0.25, 0.3) is 5.91 Å². The molecule has 1 amide bonds. The van der Waals surface area contributed by atoms with Crippen molar-refractivity contribution in [1.29, 1.82) is 0 Å². The van der Waals surface area contributed by atoms with E-state index in [2.05, 4.69) is 34.6 Å². The van der Waals surface area contributed by atoms with Crippen molar-refractivity contribution in [2.24, 2.45) is 0 Å². The van der Waals surface area contributed by atoms with Gasteiger partial charge in [0.15, 0.2) is 0 Å². The largest absolute Gasteiger partial charge is 0.322 e. The average Bonchev–Trinajstić information content (AvgIpc) is 3.16. The second kappa shape index (κ2) is 8.22. The van der Waals surface area contributed by atoms with E-state index in [4.69, 9.17) is 0 Å². The fourth-order valence-corrected chi connectivity index (χ4v) is 3.13. The van der Waals surface area contributed by atoms with Gasteiger partial charge in [-0.3, -0.25) is 4.79 Å². The summed E-state index contributed by atoms with van der Waals surface area (Å²) >= 11 is 0. The third kappa shape index (κ3) is 4.16. The molecule has 6 heteroatoms. The van der Waals surface area contributed by atoms with Crippen molar-refractivity contribution in [3.8, 4) is 5.69 Å². The van der Waals surface area contributed by atoms with Gasteiger partial charge in [-0.2, -0.15) is 4.80 Å². The second-order valence-electron chi connectivity index (χ2n) is 6.90. The van der Waals surface area contributed by atoms with Gasteiger partial charge in [-0.15, -0.1) is 10.2 Å². The van der Waals surface area contributed by atoms with Gasteiger partial charge in [0.2, 0.25) is 0 Å². The van der Waals surface area contributed by atoms with E-state index in [0.717, 1.165) is 12.1 Å². The minimum atomic E-state index is -0.556. The Hall–Kier alpha value is -3.54. The molecule has 1 N–H and O–H groups in total. The van der Waals surface area contributed by atoms with E-state index in [1.807, 2.05) is 12.1 Å². The van der Waals surface area contributed by atoms with Crippen LogP contribution in [0.25, 0.3) is 16.7 Å². The first-order valence-electron chi connectivity index (χ1n) is 9.66. The van der Waals surface area contributed by atoms with Gasteiger partial charge in [-0.1, -0.05) is 37.6 Å². The third-order valence-corrected chi connectivity index (χ3v) is 4.74. The Morgan fingerprint density at radius 3 is 2.52 bits per heavy atom. The summed E-state index contributed by atoms with van der Waals surface area (Å²) in [6, 6.07) is 19.3. The minimum absolute atomic E-state index is 0.000543. The van der Waals surface area contributed by atoms with Crippen molar-refractivity contribution in [2.45, 2.75) is 26.2 Å². The molecule has 4 aromatic rings. The van der Waals surface area contributed by atoms with Crippen molar-refractivity contribution in [1.82, 2.24) is 15.0 Å². The number of rotatable bonds is 6. The number of aromatic nitrogens is 3. The van der Waals surface area contributed by atoms with Crippen LogP contribution in [-0.4, -0.2) is 20.9 Å². The van der Waals surface area contributed by atoms with Crippen LogP contribution in [0, 0.1) is 5.82 Å². The predicted octanol–water partition coefficient (Wildman–Crippen LogP) is 5.15. The zero-order chi connectivity index (χ0) is 20.2. The van der Waals surface area contributed by atoms with Gasteiger partial charge in [0.05, 0.1) is 11.3 Å². The van der Waals surface area contributed by atoms with Crippen LogP contribution in [0.3, 0.4) is 0 Å². The summed E-state index contributed by atoms with van der Waals surface area (Å²) in [7, 11) is 0. The maximum atomic E-state index is 13.8. The van der Waals surface area contributed by atoms with Gasteiger partial charge >= 0.3 is 0 Å². The van der Waals surface area contributed by atoms with Crippen molar-refractivity contribution in [3.05, 3.63) is 83.7 Å². The van der Waals surface area contributed by atoms with E-state index >= 15 is 0 Å². The molecule has 0 fully saturated rings. The first-order chi connectivity index (χ1) is 14.1. The van der Waals surface area contributed by atoms with E-state index in [-0.39, 0.29) is 5.56 Å². The number of nitrogens with zero attached hydrogens (tertiary/aromatic N) is 3. The molecule has 1 aromatic heterocycles. The number of benzene rings is 3. The molecule has 146 valence electrons. The van der Waals surface area contributed by atoms with Crippen molar-refractivity contribution in [2.75, 3.05) is 5.32 Å². The van der Waals surface area contributed by atoms with E-state index in [0.29, 0.717) is 16.7 Å². The molecule has 0 spiro atoms. The molecule has 0 atom stereocenters. The number of hydrogen-bond acceptors (Lipinski definition) is 3. The molecule has 3 aromatic carbocycles. The molecule has 0 unspecified atom stereocenters. The minimum Gasteiger partial charge on any atom is -0.322 e. The van der Waals surface area contributed by atoms with Gasteiger partial charge in [-0.05, 0) is 60.9 Å². The van der Waals surface area contributed by atoms with Gasteiger partial charge in [-0.25, -0.2) is 4.39 Å². The van der Waals surface area contributed by atoms with E-state index < -0.39 is 11.7 Å². The fraction of sp³-hybridized carbons (Fsp3) is 0.174. The van der Waals surface area contributed by atoms with Crippen LogP contribution < -0.4 is 5.32 Å². The first-order valence-corrected chi connectivity index (χ1v) is 9.66. The Kier molecular flexibility index (Phi) is 5.33. The summed E-state index contributed by atoms with van der Waals surface area (Å²) in [6.45, 7) is 2.18. The van der Waals surface area contributed by atoms with Crippen molar-refractivity contribution >= 4 is 22.6 Å². The smallest absolute Gasteiger partial charge is 0.258 e. The normalized spacial score (nSPS) is 11.0. The Bertz CT molecular complexity index is 1150. The number of nitrogens with one attached hydrogen (secondary N) is 1. The first kappa shape index (κ1) is 18.8. The molecule has 0 bridgehead atoms. The molecular weight excluding hydrogens is 367 g/mol. The van der Waals surface area contributed by atoms with Crippen LogP contribution in [0.4, 0.5) is 10.1 Å². The van der Waals surface area contributed by atoms with Gasteiger partial charge in [0, 0.05) is 5.69 Å². The summed E-state index contributed by atoms with van der Waals surface area (Å²) in [6.07, 6.45) is 3.41. The molecule has 0 saturated heterocycles. The lowest BCUT2D eigenvalue weighted by atomic mass is 10.1. The lowest BCUT2D eigenvalue weighted by Crippen LogP contribution is -2.13. The lowest BCUT2D eigenvalue weighted by Gasteiger charge is -2.05. The van der Waals surface area contributed by atoms with Crippen LogP contribution in [0.1, 0.15) is 35.7 Å². The summed E-state index contributed by atoms with van der Waals surface area (Å²) in [5.74, 6) is -1.06. The molecule has 4 rings (SSSR count). The fourth-order valence-electron chi connectivity index (χ4n) is 3.13. The maximum Gasteiger partial charge on any atom is 0.258 e. The quantitative estimate of drug-likeness (QED) is 0.497. The van der Waals surface area contributed by atoms with Crippen LogP contribution in [0.15, 0.2) is 66.7 Å². The van der Waals surface area contributed by atoms with E-state index in [1.165, 1.54) is 30.5 Å². The summed E-state index contributed by atoms with van der Waals surface area (Å²) in [5.41, 5.74) is 4.06. The average molecular weight is 388 g/mol. The number of hydrogen-bond donors (Lipinski definition) is 1. The Labute approximate surface area is 168 Å². The zero-order valence-electron chi connectivity index (χ0n) is 16.1. The number of aryl methyl sites for hydroxylation is 1. The maximum absolute atomic E-state index is 13.8. The Balaban J connectivity index is 1.55. The highest BCUT2D eigenvalue weighted by Crippen LogP contribution is 2.19. The van der Waals surface area contributed by atoms with E-state index in [1.54, 1.807) is 35.1 Å². The van der Waals surface area contributed by atoms with Crippen molar-refractivity contribution < 1.29 is 9.18 Å². The predicted molar refractivity (Wildman–Crippen MR) is 112 cm³/mol. The number of carbonyl (C=O) groups is 1. The second-order valence-corrected chi connectivity index (χ2v) is 6.90. The zero-order valence-corrected chi connectivity index (χ0v) is 16.1. The van der Waals surface area contributed by atoms with E-state index in [9.17, 15) is 9.18 Å². The number of unbranched alkanes of at least 4 members (excludes halogenated alkanes) is 1. The summed E-state index contributed by atoms with van der Waals surface area (Å²) in [4.78, 5) is 13.9. The standard InChI is InChI=1S/C23H21FN4O/c1-2-3-6-16-9-12-18(13-10-16)28-26-21-14-11-17(15-22(21)27-28)25-23(29)19-7-4-5-8-20(19)24/h4-5,7-15H,2-3,6H2,1H3,(H,25,29). The monoisotopic (exact) mass is 388 g/mol. The highest BCUT2D eigenvalue weighted by atomic mass is 19.1. The van der Waals surface area contributed by atoms with Crippen LogP contribution in [-0.2, 0) is 6.42 Å². The Morgan fingerprint density at radius 2 is 1.76 bits per heavy atom. The van der Waals surface area contributed by atoms with Gasteiger partial charge < -0.3 is 5.32 Å². The van der Waals surface area contributed by atoms with Crippen LogP contribution in [0.5, 0.6) is 0 Å². The molecule has 5 nitrogen and oxygen atoms in total.